The number of amides is 2. The Bertz CT molecular complexity index is 451. The van der Waals surface area contributed by atoms with E-state index in [1.807, 2.05) is 13.8 Å². The number of rotatable bonds is 6. The first-order valence-electron chi connectivity index (χ1n) is 6.21. The van der Waals surface area contributed by atoms with Gasteiger partial charge < -0.3 is 10.6 Å². The Morgan fingerprint density at radius 1 is 1.47 bits per heavy atom. The second kappa shape index (κ2) is 7.45. The quantitative estimate of drug-likeness (QED) is 0.815. The van der Waals surface area contributed by atoms with E-state index in [0.717, 1.165) is 12.6 Å². The number of pyridine rings is 1. The standard InChI is InChI=1S/C13H18FN3O2/c1-3-9(2)17-12(18)5-7-16-13(19)10-4-6-15-8-11(10)14/h4,6,8-9H,3,5,7H2,1-2H3,(H,16,19)(H,17,18). The van der Waals surface area contributed by atoms with Crippen molar-refractivity contribution in [3.8, 4) is 0 Å². The van der Waals surface area contributed by atoms with E-state index >= 15 is 0 Å². The first-order valence-corrected chi connectivity index (χ1v) is 6.21. The van der Waals surface area contributed by atoms with E-state index in [0.29, 0.717) is 0 Å². The van der Waals surface area contributed by atoms with E-state index in [2.05, 4.69) is 15.6 Å². The van der Waals surface area contributed by atoms with Gasteiger partial charge in [0.15, 0.2) is 5.82 Å². The maximum absolute atomic E-state index is 13.2. The highest BCUT2D eigenvalue weighted by Gasteiger charge is 2.11. The number of carbonyl (C=O) groups is 2. The van der Waals surface area contributed by atoms with E-state index < -0.39 is 11.7 Å². The largest absolute Gasteiger partial charge is 0.354 e. The molecule has 1 aromatic rings. The lowest BCUT2D eigenvalue weighted by Gasteiger charge is -2.11. The topological polar surface area (TPSA) is 71.1 Å². The summed E-state index contributed by atoms with van der Waals surface area (Å²) in [5, 5.41) is 5.27. The minimum atomic E-state index is -0.677. The van der Waals surface area contributed by atoms with Gasteiger partial charge in [-0.2, -0.15) is 0 Å². The van der Waals surface area contributed by atoms with Crippen molar-refractivity contribution in [2.24, 2.45) is 0 Å². The van der Waals surface area contributed by atoms with E-state index in [1.165, 1.54) is 12.3 Å². The SMILES string of the molecule is CCC(C)NC(=O)CCNC(=O)c1ccncc1F. The normalized spacial score (nSPS) is 11.7. The molecule has 104 valence electrons. The van der Waals surface area contributed by atoms with Crippen LogP contribution in [-0.2, 0) is 4.79 Å². The molecule has 2 amide bonds. The Morgan fingerprint density at radius 2 is 2.21 bits per heavy atom. The summed E-state index contributed by atoms with van der Waals surface area (Å²) in [5.41, 5.74) is -0.0719. The predicted molar refractivity (Wildman–Crippen MR) is 69.0 cm³/mol. The minimum absolute atomic E-state index is 0.0719. The number of hydrogen-bond donors (Lipinski definition) is 2. The molecule has 1 unspecified atom stereocenters. The fourth-order valence-electron chi connectivity index (χ4n) is 1.39. The van der Waals surface area contributed by atoms with Crippen molar-refractivity contribution >= 4 is 11.8 Å². The van der Waals surface area contributed by atoms with Crippen LogP contribution in [0.3, 0.4) is 0 Å². The third-order valence-corrected chi connectivity index (χ3v) is 2.67. The highest BCUT2D eigenvalue weighted by Crippen LogP contribution is 2.03. The van der Waals surface area contributed by atoms with Crippen molar-refractivity contribution in [1.82, 2.24) is 15.6 Å². The summed E-state index contributed by atoms with van der Waals surface area (Å²) in [4.78, 5) is 26.6. The average molecular weight is 267 g/mol. The molecule has 0 aliphatic heterocycles. The van der Waals surface area contributed by atoms with Crippen molar-refractivity contribution in [3.63, 3.8) is 0 Å². The van der Waals surface area contributed by atoms with E-state index in [9.17, 15) is 14.0 Å². The molecule has 0 aliphatic rings. The molecule has 5 nitrogen and oxygen atoms in total. The Balaban J connectivity index is 2.36. The van der Waals surface area contributed by atoms with Crippen LogP contribution in [0.5, 0.6) is 0 Å². The zero-order valence-corrected chi connectivity index (χ0v) is 11.1. The third kappa shape index (κ3) is 5.03. The maximum Gasteiger partial charge on any atom is 0.254 e. The second-order valence-corrected chi connectivity index (χ2v) is 4.24. The van der Waals surface area contributed by atoms with Crippen LogP contribution in [0, 0.1) is 5.82 Å². The average Bonchev–Trinajstić information content (AvgIpc) is 2.38. The Labute approximate surface area is 111 Å². The summed E-state index contributed by atoms with van der Waals surface area (Å²) < 4.78 is 13.2. The fraction of sp³-hybridized carbons (Fsp3) is 0.462. The van der Waals surface area contributed by atoms with E-state index in [4.69, 9.17) is 0 Å². The molecule has 0 bridgehead atoms. The van der Waals surface area contributed by atoms with Gasteiger partial charge in [-0.15, -0.1) is 0 Å². The van der Waals surface area contributed by atoms with Crippen LogP contribution < -0.4 is 10.6 Å². The first-order chi connectivity index (χ1) is 9.04. The number of nitrogens with one attached hydrogen (secondary N) is 2. The zero-order valence-electron chi connectivity index (χ0n) is 11.1. The maximum atomic E-state index is 13.2. The molecule has 0 radical (unpaired) electrons. The predicted octanol–water partition coefficient (Wildman–Crippen LogP) is 1.26. The summed E-state index contributed by atoms with van der Waals surface area (Å²) in [6.45, 7) is 4.05. The van der Waals surface area contributed by atoms with Gasteiger partial charge in [-0.25, -0.2) is 4.39 Å². The Kier molecular flexibility index (Phi) is 5.92. The molecule has 0 saturated heterocycles. The molecule has 6 heteroatoms. The van der Waals surface area contributed by atoms with Crippen molar-refractivity contribution in [3.05, 3.63) is 29.8 Å². The molecule has 0 fully saturated rings. The van der Waals surface area contributed by atoms with Crippen molar-refractivity contribution < 1.29 is 14.0 Å². The molecule has 1 aromatic heterocycles. The number of hydrogen-bond acceptors (Lipinski definition) is 3. The highest BCUT2D eigenvalue weighted by atomic mass is 19.1. The summed E-state index contributed by atoms with van der Waals surface area (Å²) >= 11 is 0. The molecule has 19 heavy (non-hydrogen) atoms. The van der Waals surface area contributed by atoms with Gasteiger partial charge in [0.1, 0.15) is 0 Å². The molecule has 1 rings (SSSR count). The molecule has 1 heterocycles. The third-order valence-electron chi connectivity index (χ3n) is 2.67. The number of aromatic nitrogens is 1. The molecule has 0 saturated carbocycles. The lowest BCUT2D eigenvalue weighted by molar-refractivity contribution is -0.121. The van der Waals surface area contributed by atoms with Crippen LogP contribution in [-0.4, -0.2) is 29.4 Å². The van der Waals surface area contributed by atoms with Gasteiger partial charge in [0.05, 0.1) is 11.8 Å². The fourth-order valence-corrected chi connectivity index (χ4v) is 1.39. The number of halogens is 1. The van der Waals surface area contributed by atoms with Crippen LogP contribution in [0.1, 0.15) is 37.0 Å². The van der Waals surface area contributed by atoms with Crippen LogP contribution >= 0.6 is 0 Å². The Hall–Kier alpha value is -1.98. The lowest BCUT2D eigenvalue weighted by Crippen LogP contribution is -2.35. The minimum Gasteiger partial charge on any atom is -0.354 e. The van der Waals surface area contributed by atoms with Gasteiger partial charge in [0, 0.05) is 25.2 Å². The summed E-state index contributed by atoms with van der Waals surface area (Å²) in [6, 6.07) is 1.41. The lowest BCUT2D eigenvalue weighted by atomic mass is 10.2. The molecule has 0 aromatic carbocycles. The number of nitrogens with zero attached hydrogens (tertiary/aromatic N) is 1. The smallest absolute Gasteiger partial charge is 0.254 e. The monoisotopic (exact) mass is 267 g/mol. The van der Waals surface area contributed by atoms with Gasteiger partial charge in [-0.3, -0.25) is 14.6 Å². The highest BCUT2D eigenvalue weighted by molar-refractivity contribution is 5.94. The van der Waals surface area contributed by atoms with Crippen LogP contribution in [0.4, 0.5) is 4.39 Å². The van der Waals surface area contributed by atoms with Crippen LogP contribution in [0.2, 0.25) is 0 Å². The number of carbonyl (C=O) groups excluding carboxylic acids is 2. The summed E-state index contributed by atoms with van der Waals surface area (Å²) in [7, 11) is 0. The van der Waals surface area contributed by atoms with Gasteiger partial charge >= 0.3 is 0 Å². The zero-order chi connectivity index (χ0) is 14.3. The van der Waals surface area contributed by atoms with E-state index in [-0.39, 0.29) is 30.5 Å². The second-order valence-electron chi connectivity index (χ2n) is 4.24. The summed E-state index contributed by atoms with van der Waals surface area (Å²) in [6.07, 6.45) is 3.33. The molecule has 1 atom stereocenters. The molecule has 2 N–H and O–H groups in total. The van der Waals surface area contributed by atoms with Crippen molar-refractivity contribution in [2.75, 3.05) is 6.54 Å². The van der Waals surface area contributed by atoms with Crippen molar-refractivity contribution in [1.29, 1.82) is 0 Å². The molecular formula is C13H18FN3O2. The van der Waals surface area contributed by atoms with E-state index in [1.54, 1.807) is 0 Å². The first kappa shape index (κ1) is 15.1. The van der Waals surface area contributed by atoms with Crippen LogP contribution in [0.25, 0.3) is 0 Å². The molecular weight excluding hydrogens is 249 g/mol. The van der Waals surface area contributed by atoms with Crippen LogP contribution in [0.15, 0.2) is 18.5 Å². The molecule has 0 spiro atoms. The summed E-state index contributed by atoms with van der Waals surface area (Å²) in [5.74, 6) is -1.36. The van der Waals surface area contributed by atoms with Gasteiger partial charge in [-0.1, -0.05) is 6.92 Å². The van der Waals surface area contributed by atoms with Gasteiger partial charge in [0.2, 0.25) is 5.91 Å². The van der Waals surface area contributed by atoms with Gasteiger partial charge in [0.25, 0.3) is 5.91 Å². The van der Waals surface area contributed by atoms with Gasteiger partial charge in [-0.05, 0) is 19.4 Å². The Morgan fingerprint density at radius 3 is 2.84 bits per heavy atom. The van der Waals surface area contributed by atoms with Crippen molar-refractivity contribution in [2.45, 2.75) is 32.7 Å². The molecule has 0 aliphatic carbocycles.